The van der Waals surface area contributed by atoms with Crippen LogP contribution in [-0.4, -0.2) is 33.4 Å². The van der Waals surface area contributed by atoms with E-state index in [1.807, 2.05) is 17.6 Å². The zero-order chi connectivity index (χ0) is 14.8. The smallest absolute Gasteiger partial charge is 0.152 e. The van der Waals surface area contributed by atoms with Gasteiger partial charge in [-0.25, -0.2) is 9.50 Å². The molecule has 0 saturated carbocycles. The zero-order valence-electron chi connectivity index (χ0n) is 13.0. The lowest BCUT2D eigenvalue weighted by molar-refractivity contribution is 0.000659. The summed E-state index contributed by atoms with van der Waals surface area (Å²) < 4.78 is 7.57. The summed E-state index contributed by atoms with van der Waals surface area (Å²) in [5, 5.41) is 7.93. The highest BCUT2D eigenvalue weighted by atomic mass is 16.5. The van der Waals surface area contributed by atoms with Crippen molar-refractivity contribution in [2.45, 2.75) is 46.1 Å². The average molecular weight is 276 g/mol. The van der Waals surface area contributed by atoms with Gasteiger partial charge in [0.2, 0.25) is 0 Å². The van der Waals surface area contributed by atoms with Crippen molar-refractivity contribution in [3.05, 3.63) is 24.2 Å². The summed E-state index contributed by atoms with van der Waals surface area (Å²) in [7, 11) is 0. The number of fused-ring (bicyclic) bond motifs is 1. The normalized spacial score (nSPS) is 12.3. The van der Waals surface area contributed by atoms with Crippen molar-refractivity contribution in [2.24, 2.45) is 0 Å². The SMILES string of the molecule is CCOC(C)(C)CNc1nccn2nc(C(C)C)cc12. The molecular formula is C15H24N4O. The molecule has 1 N–H and O–H groups in total. The second kappa shape index (κ2) is 5.79. The van der Waals surface area contributed by atoms with Crippen LogP contribution in [0.4, 0.5) is 5.82 Å². The van der Waals surface area contributed by atoms with E-state index in [1.54, 1.807) is 6.20 Å². The molecule has 2 aromatic rings. The summed E-state index contributed by atoms with van der Waals surface area (Å²) in [4.78, 5) is 4.42. The Bertz CT molecular complexity index is 574. The Balaban J connectivity index is 2.22. The van der Waals surface area contributed by atoms with Crippen LogP contribution in [0.1, 0.15) is 46.2 Å². The molecule has 0 radical (unpaired) electrons. The molecule has 0 fully saturated rings. The molecule has 5 heteroatoms. The topological polar surface area (TPSA) is 51.5 Å². The van der Waals surface area contributed by atoms with Crippen LogP contribution in [0.5, 0.6) is 0 Å². The maximum atomic E-state index is 5.69. The van der Waals surface area contributed by atoms with Crippen molar-refractivity contribution in [3.8, 4) is 0 Å². The maximum Gasteiger partial charge on any atom is 0.152 e. The van der Waals surface area contributed by atoms with Gasteiger partial charge in [0.25, 0.3) is 0 Å². The minimum Gasteiger partial charge on any atom is -0.374 e. The molecule has 2 heterocycles. The minimum atomic E-state index is -0.218. The lowest BCUT2D eigenvalue weighted by Crippen LogP contribution is -2.33. The van der Waals surface area contributed by atoms with E-state index >= 15 is 0 Å². The van der Waals surface area contributed by atoms with Crippen LogP contribution in [0.25, 0.3) is 5.52 Å². The Kier molecular flexibility index (Phi) is 4.28. The molecule has 2 aromatic heterocycles. The number of rotatable bonds is 6. The minimum absolute atomic E-state index is 0.218. The fraction of sp³-hybridized carbons (Fsp3) is 0.600. The number of hydrogen-bond acceptors (Lipinski definition) is 4. The molecule has 0 aromatic carbocycles. The van der Waals surface area contributed by atoms with Crippen LogP contribution in [0, 0.1) is 0 Å². The summed E-state index contributed by atoms with van der Waals surface area (Å²) in [6.07, 6.45) is 3.64. The van der Waals surface area contributed by atoms with Crippen molar-refractivity contribution in [1.29, 1.82) is 0 Å². The summed E-state index contributed by atoms with van der Waals surface area (Å²) in [6.45, 7) is 11.8. The van der Waals surface area contributed by atoms with Gasteiger partial charge in [0, 0.05) is 25.5 Å². The Morgan fingerprint density at radius 1 is 1.40 bits per heavy atom. The molecule has 0 bridgehead atoms. The van der Waals surface area contributed by atoms with Gasteiger partial charge in [-0.2, -0.15) is 5.10 Å². The third-order valence-corrected chi connectivity index (χ3v) is 3.22. The Hall–Kier alpha value is -1.62. The van der Waals surface area contributed by atoms with E-state index in [1.165, 1.54) is 0 Å². The van der Waals surface area contributed by atoms with Crippen LogP contribution in [-0.2, 0) is 4.74 Å². The van der Waals surface area contributed by atoms with Gasteiger partial charge in [-0.05, 0) is 32.8 Å². The molecular weight excluding hydrogens is 252 g/mol. The van der Waals surface area contributed by atoms with Gasteiger partial charge < -0.3 is 10.1 Å². The first kappa shape index (κ1) is 14.8. The highest BCUT2D eigenvalue weighted by Crippen LogP contribution is 2.20. The Morgan fingerprint density at radius 3 is 2.80 bits per heavy atom. The van der Waals surface area contributed by atoms with Crippen molar-refractivity contribution in [2.75, 3.05) is 18.5 Å². The molecule has 0 amide bonds. The molecule has 20 heavy (non-hydrogen) atoms. The Morgan fingerprint density at radius 2 is 2.15 bits per heavy atom. The van der Waals surface area contributed by atoms with E-state index in [4.69, 9.17) is 4.74 Å². The first-order valence-electron chi connectivity index (χ1n) is 7.15. The van der Waals surface area contributed by atoms with E-state index in [9.17, 15) is 0 Å². The molecule has 0 aliphatic carbocycles. The van der Waals surface area contributed by atoms with Crippen LogP contribution >= 0.6 is 0 Å². The monoisotopic (exact) mass is 276 g/mol. The van der Waals surface area contributed by atoms with Crippen LogP contribution in [0.15, 0.2) is 18.5 Å². The largest absolute Gasteiger partial charge is 0.374 e. The van der Waals surface area contributed by atoms with Crippen molar-refractivity contribution < 1.29 is 4.74 Å². The zero-order valence-corrected chi connectivity index (χ0v) is 13.0. The number of ether oxygens (including phenoxy) is 1. The number of anilines is 1. The summed E-state index contributed by atoms with van der Waals surface area (Å²) in [6, 6.07) is 2.09. The van der Waals surface area contributed by atoms with E-state index < -0.39 is 0 Å². The molecule has 0 atom stereocenters. The third kappa shape index (κ3) is 3.28. The van der Waals surface area contributed by atoms with Crippen LogP contribution < -0.4 is 5.32 Å². The molecule has 110 valence electrons. The van der Waals surface area contributed by atoms with Gasteiger partial charge in [0.15, 0.2) is 5.82 Å². The molecule has 0 unspecified atom stereocenters. The van der Waals surface area contributed by atoms with Gasteiger partial charge in [-0.1, -0.05) is 13.8 Å². The fourth-order valence-electron chi connectivity index (χ4n) is 2.10. The lowest BCUT2D eigenvalue weighted by Gasteiger charge is -2.25. The highest BCUT2D eigenvalue weighted by molar-refractivity contribution is 5.68. The van der Waals surface area contributed by atoms with Crippen LogP contribution in [0.3, 0.4) is 0 Å². The summed E-state index contributed by atoms with van der Waals surface area (Å²) >= 11 is 0. The third-order valence-electron chi connectivity index (χ3n) is 3.22. The summed E-state index contributed by atoms with van der Waals surface area (Å²) in [5.74, 6) is 1.25. The average Bonchev–Trinajstić information content (AvgIpc) is 2.80. The van der Waals surface area contributed by atoms with Gasteiger partial charge >= 0.3 is 0 Å². The fourth-order valence-corrected chi connectivity index (χ4v) is 2.10. The molecule has 0 spiro atoms. The first-order valence-corrected chi connectivity index (χ1v) is 7.15. The quantitative estimate of drug-likeness (QED) is 0.881. The first-order chi connectivity index (χ1) is 9.43. The van der Waals surface area contributed by atoms with E-state index in [0.29, 0.717) is 19.1 Å². The number of nitrogens with zero attached hydrogens (tertiary/aromatic N) is 3. The van der Waals surface area contributed by atoms with E-state index in [-0.39, 0.29) is 5.60 Å². The molecule has 5 nitrogen and oxygen atoms in total. The summed E-state index contributed by atoms with van der Waals surface area (Å²) in [5.41, 5.74) is 1.86. The predicted molar refractivity (Wildman–Crippen MR) is 81.3 cm³/mol. The van der Waals surface area contributed by atoms with E-state index in [0.717, 1.165) is 17.0 Å². The predicted octanol–water partition coefficient (Wildman–Crippen LogP) is 3.08. The van der Waals surface area contributed by atoms with E-state index in [2.05, 4.69) is 49.2 Å². The lowest BCUT2D eigenvalue weighted by atomic mass is 10.1. The van der Waals surface area contributed by atoms with Crippen LogP contribution in [0.2, 0.25) is 0 Å². The number of hydrogen-bond donors (Lipinski definition) is 1. The standard InChI is InChI=1S/C15H24N4O/c1-6-20-15(4,5)10-17-14-13-9-12(11(2)3)18-19(13)8-7-16-14/h7-9,11H,6,10H2,1-5H3,(H,16,17). The van der Waals surface area contributed by atoms with Crippen molar-refractivity contribution in [1.82, 2.24) is 14.6 Å². The second-order valence-electron chi connectivity index (χ2n) is 5.88. The molecule has 0 saturated heterocycles. The van der Waals surface area contributed by atoms with Gasteiger partial charge in [-0.15, -0.1) is 0 Å². The molecule has 0 aliphatic rings. The number of aromatic nitrogens is 3. The van der Waals surface area contributed by atoms with Gasteiger partial charge in [0.05, 0.1) is 11.3 Å². The molecule has 2 rings (SSSR count). The van der Waals surface area contributed by atoms with Crippen molar-refractivity contribution in [3.63, 3.8) is 0 Å². The van der Waals surface area contributed by atoms with Gasteiger partial charge in [0.1, 0.15) is 5.52 Å². The number of nitrogens with one attached hydrogen (secondary N) is 1. The van der Waals surface area contributed by atoms with Gasteiger partial charge in [-0.3, -0.25) is 0 Å². The second-order valence-corrected chi connectivity index (χ2v) is 5.88. The highest BCUT2D eigenvalue weighted by Gasteiger charge is 2.18. The van der Waals surface area contributed by atoms with Crippen molar-refractivity contribution >= 4 is 11.3 Å². The Labute approximate surface area is 120 Å². The maximum absolute atomic E-state index is 5.69. The molecule has 0 aliphatic heterocycles.